The molecule has 0 spiro atoms. The third-order valence-electron chi connectivity index (χ3n) is 2.86. The summed E-state index contributed by atoms with van der Waals surface area (Å²) in [6.07, 6.45) is -1.10. The van der Waals surface area contributed by atoms with E-state index in [1.54, 1.807) is 12.1 Å². The summed E-state index contributed by atoms with van der Waals surface area (Å²) in [5.74, 6) is 0.162. The normalized spacial score (nSPS) is 12.9. The number of halogens is 1. The molecule has 20 heavy (non-hydrogen) atoms. The monoisotopic (exact) mass is 294 g/mol. The summed E-state index contributed by atoms with van der Waals surface area (Å²) in [5, 5.41) is 0. The van der Waals surface area contributed by atoms with Gasteiger partial charge in [-0.05, 0) is 43.7 Å². The third kappa shape index (κ3) is 3.36. The van der Waals surface area contributed by atoms with Gasteiger partial charge in [0.2, 0.25) is 0 Å². The molecule has 106 valence electrons. The van der Waals surface area contributed by atoms with Crippen molar-refractivity contribution >= 4 is 10.1 Å². The second-order valence-electron chi connectivity index (χ2n) is 4.54. The molecule has 0 N–H and O–H groups in total. The average molecular weight is 294 g/mol. The summed E-state index contributed by atoms with van der Waals surface area (Å²) in [7, 11) is -3.86. The molecule has 0 heterocycles. The topological polar surface area (TPSA) is 43.4 Å². The zero-order chi connectivity index (χ0) is 14.8. The summed E-state index contributed by atoms with van der Waals surface area (Å²) in [6.45, 7) is 3.28. The number of rotatable bonds is 4. The second kappa shape index (κ2) is 5.63. The molecular weight excluding hydrogens is 279 g/mol. The van der Waals surface area contributed by atoms with Gasteiger partial charge in [-0.15, -0.1) is 0 Å². The molecule has 2 aromatic carbocycles. The summed E-state index contributed by atoms with van der Waals surface area (Å²) in [6, 6.07) is 12.3. The van der Waals surface area contributed by atoms with Crippen LogP contribution < -0.4 is 4.18 Å². The van der Waals surface area contributed by atoms with Crippen LogP contribution in [-0.4, -0.2) is 8.42 Å². The maximum atomic E-state index is 13.0. The molecule has 0 amide bonds. The van der Waals surface area contributed by atoms with E-state index < -0.39 is 16.3 Å². The Hall–Kier alpha value is -1.88. The Morgan fingerprint density at radius 2 is 1.55 bits per heavy atom. The van der Waals surface area contributed by atoms with Gasteiger partial charge < -0.3 is 4.18 Å². The minimum atomic E-state index is -3.86. The van der Waals surface area contributed by atoms with Crippen molar-refractivity contribution in [3.63, 3.8) is 0 Å². The molecule has 1 unspecified atom stereocenters. The highest BCUT2D eigenvalue weighted by molar-refractivity contribution is 7.87. The molecule has 0 aliphatic heterocycles. The Kier molecular flexibility index (Phi) is 4.09. The lowest BCUT2D eigenvalue weighted by atomic mass is 10.1. The first-order valence-electron chi connectivity index (χ1n) is 6.14. The molecule has 0 radical (unpaired) electrons. The number of hydrogen-bond acceptors (Lipinski definition) is 3. The van der Waals surface area contributed by atoms with Gasteiger partial charge >= 0.3 is 10.1 Å². The van der Waals surface area contributed by atoms with E-state index >= 15 is 0 Å². The fraction of sp³-hybridized carbons (Fsp3) is 0.200. The van der Waals surface area contributed by atoms with Crippen molar-refractivity contribution < 1.29 is 17.0 Å². The van der Waals surface area contributed by atoms with E-state index in [1.807, 2.05) is 6.92 Å². The Morgan fingerprint density at radius 1 is 1.00 bits per heavy atom. The lowest BCUT2D eigenvalue weighted by Gasteiger charge is -2.08. The maximum Gasteiger partial charge on any atom is 0.339 e. The number of hydrogen-bond donors (Lipinski definition) is 0. The van der Waals surface area contributed by atoms with Gasteiger partial charge in [0.1, 0.15) is 16.8 Å². The van der Waals surface area contributed by atoms with Crippen LogP contribution in [0.4, 0.5) is 4.39 Å². The van der Waals surface area contributed by atoms with Crippen molar-refractivity contribution in [2.75, 3.05) is 0 Å². The standard InChI is InChI=1S/C15H15FO3S/c1-11-3-9-15(10-4-11)20(17,18)19-14-7-5-13(6-8-14)12(2)16/h3-10,12H,1-2H3. The molecule has 2 rings (SSSR count). The highest BCUT2D eigenvalue weighted by atomic mass is 32.2. The van der Waals surface area contributed by atoms with E-state index in [9.17, 15) is 12.8 Å². The molecular formula is C15H15FO3S. The van der Waals surface area contributed by atoms with Crippen LogP contribution in [0.15, 0.2) is 53.4 Å². The minimum absolute atomic E-state index is 0.0889. The maximum absolute atomic E-state index is 13.0. The first-order valence-corrected chi connectivity index (χ1v) is 7.54. The lowest BCUT2D eigenvalue weighted by molar-refractivity contribution is 0.374. The van der Waals surface area contributed by atoms with E-state index in [2.05, 4.69) is 0 Å². The van der Waals surface area contributed by atoms with Crippen molar-refractivity contribution in [2.45, 2.75) is 24.9 Å². The minimum Gasteiger partial charge on any atom is -0.379 e. The van der Waals surface area contributed by atoms with Crippen molar-refractivity contribution in [3.8, 4) is 5.75 Å². The van der Waals surface area contributed by atoms with E-state index in [0.29, 0.717) is 5.56 Å². The number of benzene rings is 2. The van der Waals surface area contributed by atoms with E-state index in [1.165, 1.54) is 43.3 Å². The summed E-state index contributed by atoms with van der Waals surface area (Å²) >= 11 is 0. The van der Waals surface area contributed by atoms with E-state index in [4.69, 9.17) is 4.18 Å². The molecule has 2 aromatic rings. The zero-order valence-electron chi connectivity index (χ0n) is 11.2. The summed E-state index contributed by atoms with van der Waals surface area (Å²) in [5.41, 5.74) is 1.44. The van der Waals surface area contributed by atoms with Crippen LogP contribution in [-0.2, 0) is 10.1 Å². The van der Waals surface area contributed by atoms with Crippen LogP contribution in [0, 0.1) is 6.92 Å². The molecule has 0 aliphatic rings. The van der Waals surface area contributed by atoms with Crippen LogP contribution >= 0.6 is 0 Å². The quantitative estimate of drug-likeness (QED) is 0.806. The smallest absolute Gasteiger partial charge is 0.339 e. The Balaban J connectivity index is 2.22. The van der Waals surface area contributed by atoms with Gasteiger partial charge in [-0.25, -0.2) is 4.39 Å². The average Bonchev–Trinajstić information content (AvgIpc) is 2.39. The van der Waals surface area contributed by atoms with Crippen molar-refractivity contribution in [1.82, 2.24) is 0 Å². The summed E-state index contributed by atoms with van der Waals surface area (Å²) in [4.78, 5) is 0.0889. The molecule has 3 nitrogen and oxygen atoms in total. The molecule has 1 atom stereocenters. The SMILES string of the molecule is Cc1ccc(S(=O)(=O)Oc2ccc(C(C)F)cc2)cc1. The highest BCUT2D eigenvalue weighted by Crippen LogP contribution is 2.23. The van der Waals surface area contributed by atoms with Crippen molar-refractivity contribution in [1.29, 1.82) is 0 Å². The molecule has 0 bridgehead atoms. The van der Waals surface area contributed by atoms with Gasteiger partial charge in [0.15, 0.2) is 0 Å². The van der Waals surface area contributed by atoms with Crippen molar-refractivity contribution in [2.24, 2.45) is 0 Å². The molecule has 0 saturated carbocycles. The fourth-order valence-corrected chi connectivity index (χ4v) is 2.60. The number of alkyl halides is 1. The Bertz CT molecular complexity index is 674. The van der Waals surface area contributed by atoms with Gasteiger partial charge in [0.25, 0.3) is 0 Å². The number of aryl methyl sites for hydroxylation is 1. The van der Waals surface area contributed by atoms with Gasteiger partial charge in [-0.1, -0.05) is 29.8 Å². The van der Waals surface area contributed by atoms with Gasteiger partial charge in [0, 0.05) is 0 Å². The van der Waals surface area contributed by atoms with Crippen LogP contribution in [0.5, 0.6) is 5.75 Å². The van der Waals surface area contributed by atoms with Crippen LogP contribution in [0.3, 0.4) is 0 Å². The van der Waals surface area contributed by atoms with Crippen molar-refractivity contribution in [3.05, 3.63) is 59.7 Å². The Morgan fingerprint density at radius 3 is 2.05 bits per heavy atom. The van der Waals surface area contributed by atoms with Gasteiger partial charge in [-0.2, -0.15) is 8.42 Å². The van der Waals surface area contributed by atoms with E-state index in [-0.39, 0.29) is 10.6 Å². The predicted octanol–water partition coefficient (Wildman–Crippen LogP) is 3.79. The first-order chi connectivity index (χ1) is 9.38. The summed E-state index contributed by atoms with van der Waals surface area (Å²) < 4.78 is 42.1. The second-order valence-corrected chi connectivity index (χ2v) is 6.08. The largest absolute Gasteiger partial charge is 0.379 e. The Labute approximate surface area is 118 Å². The van der Waals surface area contributed by atoms with Crippen LogP contribution in [0.1, 0.15) is 24.2 Å². The molecule has 0 saturated heterocycles. The lowest BCUT2D eigenvalue weighted by Crippen LogP contribution is -2.09. The zero-order valence-corrected chi connectivity index (χ0v) is 12.0. The molecule has 0 aromatic heterocycles. The predicted molar refractivity (Wildman–Crippen MR) is 75.0 cm³/mol. The highest BCUT2D eigenvalue weighted by Gasteiger charge is 2.16. The van der Waals surface area contributed by atoms with Gasteiger partial charge in [-0.3, -0.25) is 0 Å². The van der Waals surface area contributed by atoms with Crippen LogP contribution in [0.2, 0.25) is 0 Å². The first kappa shape index (κ1) is 14.5. The fourth-order valence-electron chi connectivity index (χ4n) is 1.67. The van der Waals surface area contributed by atoms with Gasteiger partial charge in [0.05, 0.1) is 0 Å². The third-order valence-corrected chi connectivity index (χ3v) is 4.12. The van der Waals surface area contributed by atoms with Crippen LogP contribution in [0.25, 0.3) is 0 Å². The molecule has 5 heteroatoms. The van der Waals surface area contributed by atoms with E-state index in [0.717, 1.165) is 5.56 Å². The molecule has 0 fully saturated rings. The molecule has 0 aliphatic carbocycles.